The van der Waals surface area contributed by atoms with Crippen LogP contribution in [0.25, 0.3) is 0 Å². The number of hydrogen-bond donors (Lipinski definition) is 1. The van der Waals surface area contributed by atoms with Crippen molar-refractivity contribution in [2.45, 2.75) is 34.6 Å². The average molecular weight is 382 g/mol. The molecule has 0 bridgehead atoms. The zero-order valence-corrected chi connectivity index (χ0v) is 17.6. The molecule has 6 nitrogen and oxygen atoms in total. The molecule has 0 aliphatic rings. The van der Waals surface area contributed by atoms with E-state index in [1.807, 2.05) is 30.3 Å². The van der Waals surface area contributed by atoms with Crippen LogP contribution in [0.1, 0.15) is 34.6 Å². The Morgan fingerprint density at radius 1 is 0.821 bits per heavy atom. The second kappa shape index (κ2) is 10.4. The molecule has 1 N–H and O–H groups in total. The van der Waals surface area contributed by atoms with Crippen LogP contribution in [0.15, 0.2) is 52.7 Å². The van der Waals surface area contributed by atoms with Crippen molar-refractivity contribution >= 4 is 34.3 Å². The summed E-state index contributed by atoms with van der Waals surface area (Å²) in [4.78, 5) is 16.1. The minimum absolute atomic E-state index is 0.128. The Balaban J connectivity index is 2.27. The Bertz CT molecular complexity index is 793. The Hall–Kier alpha value is -2.89. The van der Waals surface area contributed by atoms with E-state index in [4.69, 9.17) is 0 Å². The molecule has 0 spiro atoms. The standard InChI is InChI=1S/C22H31N5O/c1-6-26(7-2)19-12-10-18(11-13-19)24-25-21-15-14-20(27(8-3)9-4)16-22(21)23-17(5)28/h10-16H,6-9H2,1-5H3,(H,23,28). The maximum Gasteiger partial charge on any atom is 0.221 e. The number of hydrogen-bond acceptors (Lipinski definition) is 5. The second-order valence-electron chi connectivity index (χ2n) is 6.44. The largest absolute Gasteiger partial charge is 0.372 e. The highest BCUT2D eigenvalue weighted by Gasteiger charge is 2.09. The van der Waals surface area contributed by atoms with Crippen molar-refractivity contribution in [2.75, 3.05) is 41.3 Å². The van der Waals surface area contributed by atoms with Crippen LogP contribution in [0.3, 0.4) is 0 Å². The Morgan fingerprint density at radius 3 is 1.89 bits per heavy atom. The predicted octanol–water partition coefficient (Wildman–Crippen LogP) is 5.75. The lowest BCUT2D eigenvalue weighted by Gasteiger charge is -2.22. The molecule has 0 atom stereocenters. The van der Waals surface area contributed by atoms with Gasteiger partial charge in [0.2, 0.25) is 5.91 Å². The van der Waals surface area contributed by atoms with E-state index in [1.54, 1.807) is 0 Å². The summed E-state index contributed by atoms with van der Waals surface area (Å²) in [5.74, 6) is -0.128. The van der Waals surface area contributed by atoms with Gasteiger partial charge in [-0.1, -0.05) is 0 Å². The number of azo groups is 1. The number of benzene rings is 2. The van der Waals surface area contributed by atoms with E-state index in [1.165, 1.54) is 12.6 Å². The van der Waals surface area contributed by atoms with E-state index in [0.717, 1.165) is 37.6 Å². The maximum atomic E-state index is 11.6. The normalized spacial score (nSPS) is 10.9. The summed E-state index contributed by atoms with van der Waals surface area (Å²) in [5, 5.41) is 11.6. The highest BCUT2D eigenvalue weighted by molar-refractivity contribution is 5.93. The molecule has 6 heteroatoms. The first-order valence-corrected chi connectivity index (χ1v) is 9.95. The van der Waals surface area contributed by atoms with E-state index in [-0.39, 0.29) is 5.91 Å². The van der Waals surface area contributed by atoms with E-state index in [0.29, 0.717) is 11.4 Å². The smallest absolute Gasteiger partial charge is 0.221 e. The number of amides is 1. The van der Waals surface area contributed by atoms with Crippen LogP contribution in [0.5, 0.6) is 0 Å². The molecule has 2 aromatic rings. The molecule has 0 saturated carbocycles. The minimum atomic E-state index is -0.128. The molecule has 1 amide bonds. The van der Waals surface area contributed by atoms with Gasteiger partial charge in [-0.3, -0.25) is 4.79 Å². The van der Waals surface area contributed by atoms with E-state index in [2.05, 4.69) is 65.2 Å². The van der Waals surface area contributed by atoms with Crippen LogP contribution in [0.4, 0.5) is 28.4 Å². The maximum absolute atomic E-state index is 11.6. The molecule has 2 rings (SSSR count). The summed E-state index contributed by atoms with van der Waals surface area (Å²) in [7, 11) is 0. The van der Waals surface area contributed by atoms with E-state index >= 15 is 0 Å². The van der Waals surface area contributed by atoms with Gasteiger partial charge in [0.25, 0.3) is 0 Å². The number of anilines is 3. The van der Waals surface area contributed by atoms with Crippen LogP contribution in [0, 0.1) is 0 Å². The zero-order valence-electron chi connectivity index (χ0n) is 17.6. The Morgan fingerprint density at radius 2 is 1.36 bits per heavy atom. The van der Waals surface area contributed by atoms with Gasteiger partial charge in [0.15, 0.2) is 0 Å². The third-order valence-corrected chi connectivity index (χ3v) is 4.67. The SMILES string of the molecule is CCN(CC)c1ccc(N=Nc2ccc(N(CC)CC)cc2NC(C)=O)cc1. The number of carbonyl (C=O) groups is 1. The third-order valence-electron chi connectivity index (χ3n) is 4.67. The third kappa shape index (κ3) is 5.55. The summed E-state index contributed by atoms with van der Waals surface area (Å²) < 4.78 is 0. The first kappa shape index (κ1) is 21.4. The molecule has 0 saturated heterocycles. The monoisotopic (exact) mass is 381 g/mol. The highest BCUT2D eigenvalue weighted by atomic mass is 16.1. The van der Waals surface area contributed by atoms with Crippen LogP contribution >= 0.6 is 0 Å². The van der Waals surface area contributed by atoms with Crippen molar-refractivity contribution in [3.63, 3.8) is 0 Å². The van der Waals surface area contributed by atoms with Crippen LogP contribution in [-0.4, -0.2) is 32.1 Å². The fourth-order valence-corrected chi connectivity index (χ4v) is 3.12. The van der Waals surface area contributed by atoms with Gasteiger partial charge in [-0.2, -0.15) is 5.11 Å². The van der Waals surface area contributed by atoms with E-state index < -0.39 is 0 Å². The van der Waals surface area contributed by atoms with Gasteiger partial charge in [-0.25, -0.2) is 0 Å². The number of carbonyl (C=O) groups excluding carboxylic acids is 1. The van der Waals surface area contributed by atoms with Gasteiger partial charge in [0, 0.05) is 44.5 Å². The fourth-order valence-electron chi connectivity index (χ4n) is 3.12. The lowest BCUT2D eigenvalue weighted by Crippen LogP contribution is -2.21. The lowest BCUT2D eigenvalue weighted by atomic mass is 10.2. The predicted molar refractivity (Wildman–Crippen MR) is 118 cm³/mol. The molecule has 150 valence electrons. The molecular weight excluding hydrogens is 350 g/mol. The van der Waals surface area contributed by atoms with Crippen LogP contribution < -0.4 is 15.1 Å². The van der Waals surface area contributed by atoms with Gasteiger partial charge in [-0.15, -0.1) is 5.11 Å². The first-order valence-electron chi connectivity index (χ1n) is 9.95. The van der Waals surface area contributed by atoms with Gasteiger partial charge < -0.3 is 15.1 Å². The van der Waals surface area contributed by atoms with Crippen molar-refractivity contribution in [1.29, 1.82) is 0 Å². The zero-order chi connectivity index (χ0) is 20.5. The molecule has 0 unspecified atom stereocenters. The van der Waals surface area contributed by atoms with E-state index in [9.17, 15) is 4.79 Å². The molecule has 28 heavy (non-hydrogen) atoms. The summed E-state index contributed by atoms with van der Waals surface area (Å²) in [6, 6.07) is 13.9. The molecule has 0 radical (unpaired) electrons. The summed E-state index contributed by atoms with van der Waals surface area (Å²) in [6.07, 6.45) is 0. The lowest BCUT2D eigenvalue weighted by molar-refractivity contribution is -0.114. The van der Waals surface area contributed by atoms with Gasteiger partial charge in [0.1, 0.15) is 5.69 Å². The molecule has 0 aromatic heterocycles. The molecule has 0 aliphatic carbocycles. The van der Waals surface area contributed by atoms with Crippen LogP contribution in [0.2, 0.25) is 0 Å². The minimum Gasteiger partial charge on any atom is -0.372 e. The number of rotatable bonds is 9. The summed E-state index contributed by atoms with van der Waals surface area (Å²) in [6.45, 7) is 13.7. The first-order chi connectivity index (χ1) is 13.5. The Labute approximate surface area is 168 Å². The van der Waals surface area contributed by atoms with Gasteiger partial charge >= 0.3 is 0 Å². The van der Waals surface area contributed by atoms with Gasteiger partial charge in [0.05, 0.1) is 11.4 Å². The second-order valence-corrected chi connectivity index (χ2v) is 6.44. The summed E-state index contributed by atoms with van der Waals surface area (Å²) >= 11 is 0. The van der Waals surface area contributed by atoms with Crippen molar-refractivity contribution < 1.29 is 4.79 Å². The topological polar surface area (TPSA) is 60.3 Å². The van der Waals surface area contributed by atoms with Crippen molar-refractivity contribution in [3.05, 3.63) is 42.5 Å². The summed E-state index contributed by atoms with van der Waals surface area (Å²) in [5.41, 5.74) is 4.31. The Kier molecular flexibility index (Phi) is 7.99. The van der Waals surface area contributed by atoms with Crippen LogP contribution in [-0.2, 0) is 4.79 Å². The number of nitrogens with zero attached hydrogens (tertiary/aromatic N) is 4. The van der Waals surface area contributed by atoms with Crippen molar-refractivity contribution in [3.8, 4) is 0 Å². The molecule has 0 heterocycles. The number of nitrogens with one attached hydrogen (secondary N) is 1. The molecule has 0 fully saturated rings. The fraction of sp³-hybridized carbons (Fsp3) is 0.409. The molecule has 2 aromatic carbocycles. The molecule has 0 aliphatic heterocycles. The quantitative estimate of drug-likeness (QED) is 0.562. The van der Waals surface area contributed by atoms with Gasteiger partial charge in [-0.05, 0) is 70.2 Å². The van der Waals surface area contributed by atoms with Crippen molar-refractivity contribution in [2.24, 2.45) is 10.2 Å². The average Bonchev–Trinajstić information content (AvgIpc) is 2.70. The molecular formula is C22H31N5O. The van der Waals surface area contributed by atoms with Crippen molar-refractivity contribution in [1.82, 2.24) is 0 Å². The highest BCUT2D eigenvalue weighted by Crippen LogP contribution is 2.32.